The van der Waals surface area contributed by atoms with Crippen molar-refractivity contribution in [3.8, 4) is 11.5 Å². The van der Waals surface area contributed by atoms with Crippen LogP contribution in [0.1, 0.15) is 100.0 Å². The van der Waals surface area contributed by atoms with Crippen molar-refractivity contribution < 1.29 is 19.0 Å². The summed E-state index contributed by atoms with van der Waals surface area (Å²) in [6, 6.07) is 23.4. The molecule has 6 nitrogen and oxygen atoms in total. The molecule has 5 aromatic carbocycles. The first-order chi connectivity index (χ1) is 27.8. The van der Waals surface area contributed by atoms with Crippen LogP contribution in [0.2, 0.25) is 20.1 Å². The first-order valence-corrected chi connectivity index (χ1v) is 20.9. The predicted octanol–water partition coefficient (Wildman–Crippen LogP) is 13.4. The fraction of sp³-hybridized carbons (Fsp3) is 0.271. The number of ether oxygens (including phenoxy) is 3. The fourth-order valence-electron chi connectivity index (χ4n) is 7.68. The minimum absolute atomic E-state index is 0.0118. The van der Waals surface area contributed by atoms with Crippen LogP contribution in [-0.4, -0.2) is 20.2 Å². The van der Waals surface area contributed by atoms with Gasteiger partial charge in [-0.25, -0.2) is 4.79 Å². The lowest BCUT2D eigenvalue weighted by atomic mass is 9.81. The van der Waals surface area contributed by atoms with Gasteiger partial charge in [-0.1, -0.05) is 122 Å². The van der Waals surface area contributed by atoms with Crippen LogP contribution in [-0.2, 0) is 23.2 Å². The number of unbranched alkanes of at least 4 members (excludes halogenated alkanes) is 2. The zero-order valence-electron chi connectivity index (χ0n) is 33.6. The molecule has 0 amide bonds. The number of hydrogen-bond donors (Lipinski definition) is 2. The number of nitrogens with two attached hydrogens (primary N) is 2. The Kier molecular flexibility index (Phi) is 13.4. The lowest BCUT2D eigenvalue weighted by Crippen LogP contribution is -2.23. The van der Waals surface area contributed by atoms with Crippen molar-refractivity contribution in [2.24, 2.45) is 0 Å². The Morgan fingerprint density at radius 1 is 0.638 bits per heavy atom. The van der Waals surface area contributed by atoms with Crippen LogP contribution < -0.4 is 20.9 Å². The maximum Gasteiger partial charge on any atom is 0.341 e. The fourth-order valence-corrected chi connectivity index (χ4v) is 8.76. The number of anilines is 2. The second kappa shape index (κ2) is 18.1. The zero-order valence-corrected chi connectivity index (χ0v) is 36.6. The van der Waals surface area contributed by atoms with Gasteiger partial charge in [0.05, 0.1) is 39.9 Å². The molecule has 0 unspecified atom stereocenters. The third kappa shape index (κ3) is 8.18. The van der Waals surface area contributed by atoms with Crippen LogP contribution >= 0.6 is 46.4 Å². The molecule has 0 saturated heterocycles. The van der Waals surface area contributed by atoms with Crippen molar-refractivity contribution in [2.75, 3.05) is 25.7 Å². The number of aryl methyl sites for hydroxylation is 2. The van der Waals surface area contributed by atoms with E-state index in [1.54, 1.807) is 14.2 Å². The SMILES string of the molecule is CCCCc1c(C)ccc(C(=CC2(C=C(c3ccc(OC)cc3)c3ccc(C)c(CCCC)c3N)OC(=O)c3c(Cl)c(Cl)c(Cl)c(Cl)c32)c2ccc(OC)cc2)c1N. The summed E-state index contributed by atoms with van der Waals surface area (Å²) in [5, 5.41) is -0.106. The van der Waals surface area contributed by atoms with Crippen molar-refractivity contribution in [3.63, 3.8) is 0 Å². The van der Waals surface area contributed by atoms with Gasteiger partial charge < -0.3 is 25.7 Å². The zero-order chi connectivity index (χ0) is 41.9. The molecule has 5 aromatic rings. The number of cyclic esters (lactones) is 1. The number of esters is 1. The van der Waals surface area contributed by atoms with E-state index in [9.17, 15) is 4.79 Å². The summed E-state index contributed by atoms with van der Waals surface area (Å²) in [5.74, 6) is 0.613. The second-order valence-electron chi connectivity index (χ2n) is 14.6. The highest BCUT2D eigenvalue weighted by molar-refractivity contribution is 6.53. The monoisotopic (exact) mass is 856 g/mol. The average molecular weight is 859 g/mol. The molecule has 6 rings (SSSR count). The maximum atomic E-state index is 14.4. The summed E-state index contributed by atoms with van der Waals surface area (Å²) in [6.07, 6.45) is 9.28. The highest BCUT2D eigenvalue weighted by Crippen LogP contribution is 2.54. The Balaban J connectivity index is 1.80. The molecule has 0 bridgehead atoms. The normalized spacial score (nSPS) is 15.4. The molecular weight excluding hydrogens is 810 g/mol. The van der Waals surface area contributed by atoms with E-state index in [0.29, 0.717) is 34.0 Å². The quantitative estimate of drug-likeness (QED) is 0.0500. The van der Waals surface area contributed by atoms with Gasteiger partial charge in [-0.2, -0.15) is 0 Å². The van der Waals surface area contributed by atoms with E-state index < -0.39 is 11.6 Å². The van der Waals surface area contributed by atoms with Crippen LogP contribution in [0.4, 0.5) is 11.4 Å². The summed E-state index contributed by atoms with van der Waals surface area (Å²) in [7, 11) is 3.23. The van der Waals surface area contributed by atoms with Crippen molar-refractivity contribution in [3.05, 3.63) is 161 Å². The smallest absolute Gasteiger partial charge is 0.341 e. The minimum Gasteiger partial charge on any atom is -0.497 e. The molecule has 10 heteroatoms. The van der Waals surface area contributed by atoms with Gasteiger partial charge in [0.25, 0.3) is 0 Å². The number of rotatable bonds is 14. The largest absolute Gasteiger partial charge is 0.497 e. The van der Waals surface area contributed by atoms with E-state index in [0.717, 1.165) is 83.0 Å². The molecular formula is C48H48Cl4N2O4. The first-order valence-electron chi connectivity index (χ1n) is 19.4. The molecule has 58 heavy (non-hydrogen) atoms. The van der Waals surface area contributed by atoms with Gasteiger partial charge in [0.1, 0.15) is 11.5 Å². The molecule has 4 N–H and O–H groups in total. The predicted molar refractivity (Wildman–Crippen MR) is 242 cm³/mol. The lowest BCUT2D eigenvalue weighted by molar-refractivity contribution is 0.0300. The molecule has 0 aliphatic carbocycles. The summed E-state index contributed by atoms with van der Waals surface area (Å²) < 4.78 is 17.7. The third-order valence-corrected chi connectivity index (χ3v) is 12.8. The standard InChI is InChI=1S/C48H48Cl4N2O4/c1-7-9-11-33-27(3)13-23-35(45(33)53)37(29-15-19-31(56-5)20-16-29)25-48(40-39(47(55)58-48)41(49)43(51)44(52)42(40)50)26-38(30-17-21-32(57-6)22-18-30)36-24-14-28(4)34(46(36)54)12-10-8-2/h13-26H,7-12,53-54H2,1-6H3. The Labute approximate surface area is 361 Å². The second-order valence-corrected chi connectivity index (χ2v) is 16.1. The van der Waals surface area contributed by atoms with E-state index in [1.165, 1.54) is 0 Å². The van der Waals surface area contributed by atoms with Gasteiger partial charge in [-0.3, -0.25) is 0 Å². The molecule has 0 spiro atoms. The van der Waals surface area contributed by atoms with Gasteiger partial charge in [0.15, 0.2) is 5.60 Å². The molecule has 0 radical (unpaired) electrons. The van der Waals surface area contributed by atoms with Crippen LogP contribution in [0.15, 0.2) is 84.9 Å². The van der Waals surface area contributed by atoms with E-state index in [1.807, 2.05) is 72.8 Å². The summed E-state index contributed by atoms with van der Waals surface area (Å²) >= 11 is 27.6. The average Bonchev–Trinajstić information content (AvgIpc) is 3.52. The molecule has 1 heterocycles. The molecule has 0 fully saturated rings. The summed E-state index contributed by atoms with van der Waals surface area (Å²) in [6.45, 7) is 8.44. The van der Waals surface area contributed by atoms with Crippen LogP contribution in [0.5, 0.6) is 11.5 Å². The Morgan fingerprint density at radius 3 is 1.45 bits per heavy atom. The maximum absolute atomic E-state index is 14.4. The van der Waals surface area contributed by atoms with Gasteiger partial charge in [-0.15, -0.1) is 0 Å². The number of methoxy groups -OCH3 is 2. The first kappa shape index (κ1) is 43.0. The van der Waals surface area contributed by atoms with E-state index in [4.69, 9.17) is 72.1 Å². The molecule has 0 aromatic heterocycles. The Bertz CT molecular complexity index is 2300. The number of hydrogen-bond acceptors (Lipinski definition) is 6. The Hall–Kier alpha value is -4.59. The van der Waals surface area contributed by atoms with Gasteiger partial charge in [0, 0.05) is 28.1 Å². The summed E-state index contributed by atoms with van der Waals surface area (Å²) in [5.41, 5.74) is 22.7. The molecule has 0 atom stereocenters. The van der Waals surface area contributed by atoms with Gasteiger partial charge in [-0.05, 0) is 120 Å². The van der Waals surface area contributed by atoms with Crippen LogP contribution in [0.25, 0.3) is 11.1 Å². The van der Waals surface area contributed by atoms with Crippen molar-refractivity contribution in [1.29, 1.82) is 0 Å². The summed E-state index contributed by atoms with van der Waals surface area (Å²) in [4.78, 5) is 14.4. The van der Waals surface area contributed by atoms with E-state index in [2.05, 4.69) is 39.8 Å². The van der Waals surface area contributed by atoms with Gasteiger partial charge in [0.2, 0.25) is 0 Å². The Morgan fingerprint density at radius 2 is 1.05 bits per heavy atom. The third-order valence-electron chi connectivity index (χ3n) is 11.0. The van der Waals surface area contributed by atoms with Crippen LogP contribution in [0, 0.1) is 13.8 Å². The molecule has 302 valence electrons. The van der Waals surface area contributed by atoms with Crippen molar-refractivity contribution >= 4 is 74.9 Å². The number of halogens is 4. The number of fused-ring (bicyclic) bond motifs is 1. The van der Waals surface area contributed by atoms with Crippen molar-refractivity contribution in [2.45, 2.75) is 71.8 Å². The number of carbonyl (C=O) groups is 1. The highest BCUT2D eigenvalue weighted by Gasteiger charge is 2.48. The number of nitrogen functional groups attached to an aromatic ring is 2. The molecule has 1 aliphatic rings. The highest BCUT2D eigenvalue weighted by atomic mass is 35.5. The minimum atomic E-state index is -1.74. The number of benzene rings is 5. The number of carbonyl (C=O) groups excluding carboxylic acids is 1. The van der Waals surface area contributed by atoms with E-state index in [-0.39, 0.29) is 31.2 Å². The van der Waals surface area contributed by atoms with E-state index >= 15 is 0 Å². The van der Waals surface area contributed by atoms with Crippen LogP contribution in [0.3, 0.4) is 0 Å². The molecule has 0 saturated carbocycles. The van der Waals surface area contributed by atoms with Gasteiger partial charge >= 0.3 is 5.97 Å². The molecule has 1 aliphatic heterocycles. The lowest BCUT2D eigenvalue weighted by Gasteiger charge is -2.28. The topological polar surface area (TPSA) is 96.8 Å². The van der Waals surface area contributed by atoms with Crippen molar-refractivity contribution in [1.82, 2.24) is 0 Å².